The first-order chi connectivity index (χ1) is 18.6. The van der Waals surface area contributed by atoms with Crippen LogP contribution in [0.1, 0.15) is 27.9 Å². The van der Waals surface area contributed by atoms with Gasteiger partial charge in [-0.05, 0) is 57.1 Å². The number of nitrogens with zero attached hydrogens (tertiary/aromatic N) is 1. The Labute approximate surface area is 234 Å². The predicted octanol–water partition coefficient (Wildman–Crippen LogP) is 4.00. The molecule has 0 spiro atoms. The molecule has 3 rings (SSSR count). The van der Waals surface area contributed by atoms with E-state index in [1.807, 2.05) is 0 Å². The molecule has 3 aromatic rings. The molecule has 1 aromatic heterocycles. The van der Waals surface area contributed by atoms with Crippen LogP contribution in [0.5, 0.6) is 11.5 Å². The van der Waals surface area contributed by atoms with E-state index in [0.717, 1.165) is 0 Å². The quantitative estimate of drug-likeness (QED) is 0.176. The van der Waals surface area contributed by atoms with E-state index in [-0.39, 0.29) is 52.1 Å². The van der Waals surface area contributed by atoms with Crippen molar-refractivity contribution in [2.75, 3.05) is 30.2 Å². The van der Waals surface area contributed by atoms with Crippen molar-refractivity contribution >= 4 is 46.8 Å². The van der Waals surface area contributed by atoms with Gasteiger partial charge in [0.25, 0.3) is 11.5 Å². The highest BCUT2D eigenvalue weighted by atomic mass is 35.5. The monoisotopic (exact) mass is 579 g/mol. The molecule has 1 atom stereocenters. The number of amides is 1. The Kier molecular flexibility index (Phi) is 10.6. The topological polar surface area (TPSA) is 137 Å². The van der Waals surface area contributed by atoms with E-state index in [2.05, 4.69) is 20.1 Å². The Morgan fingerprint density at radius 3 is 2.64 bits per heavy atom. The van der Waals surface area contributed by atoms with Crippen molar-refractivity contribution in [1.82, 2.24) is 14.6 Å². The number of aliphatic hydroxyl groups excluding tert-OH is 2. The van der Waals surface area contributed by atoms with Gasteiger partial charge in [0.15, 0.2) is 5.75 Å². The summed E-state index contributed by atoms with van der Waals surface area (Å²) in [4.78, 5) is 26.8. The van der Waals surface area contributed by atoms with Gasteiger partial charge in [-0.1, -0.05) is 23.7 Å². The Balaban J connectivity index is 2.16. The number of carbonyl (C=O) groups excluding carboxylic acids is 1. The first-order valence-corrected chi connectivity index (χ1v) is 13.2. The molecule has 0 aliphatic heterocycles. The van der Waals surface area contributed by atoms with E-state index in [0.29, 0.717) is 11.3 Å². The number of hydrogen-bond acceptors (Lipinski definition) is 9. The van der Waals surface area contributed by atoms with Gasteiger partial charge in [0.1, 0.15) is 28.0 Å². The normalized spacial score (nSPS) is 11.7. The van der Waals surface area contributed by atoms with Crippen LogP contribution in [0.25, 0.3) is 0 Å². The molecule has 0 aliphatic carbocycles. The van der Waals surface area contributed by atoms with Gasteiger partial charge in [0.2, 0.25) is 0 Å². The summed E-state index contributed by atoms with van der Waals surface area (Å²) in [6.07, 6.45) is -0.937. The molecule has 13 heteroatoms. The third-order valence-electron chi connectivity index (χ3n) is 5.78. The SMILES string of the molecule is CNSNc1cccc(Oc2c(C(=O)NCCC(O)CO)c(Nc3ccc(C)cc3F)n(C)c(=O)c2C)c1Cl. The number of carbonyl (C=O) groups is 1. The molecular formula is C26H31ClFN5O5S. The molecule has 0 bridgehead atoms. The van der Waals surface area contributed by atoms with E-state index in [1.54, 1.807) is 38.2 Å². The number of aryl methyl sites for hydroxylation is 1. The molecule has 1 unspecified atom stereocenters. The summed E-state index contributed by atoms with van der Waals surface area (Å²) in [5, 5.41) is 24.5. The fourth-order valence-electron chi connectivity index (χ4n) is 3.66. The summed E-state index contributed by atoms with van der Waals surface area (Å²) in [6.45, 7) is 2.80. The van der Waals surface area contributed by atoms with Crippen molar-refractivity contribution < 1.29 is 24.1 Å². The van der Waals surface area contributed by atoms with E-state index in [4.69, 9.17) is 21.4 Å². The molecule has 0 saturated carbocycles. The second kappa shape index (κ2) is 13.7. The lowest BCUT2D eigenvalue weighted by Crippen LogP contribution is -2.32. The third-order valence-corrected chi connectivity index (χ3v) is 6.70. The van der Waals surface area contributed by atoms with Gasteiger partial charge < -0.3 is 30.3 Å². The van der Waals surface area contributed by atoms with Crippen molar-refractivity contribution in [2.24, 2.45) is 7.05 Å². The van der Waals surface area contributed by atoms with Crippen LogP contribution in [0.15, 0.2) is 41.2 Å². The molecule has 2 aromatic carbocycles. The van der Waals surface area contributed by atoms with E-state index >= 15 is 0 Å². The molecule has 0 radical (unpaired) electrons. The second-order valence-electron chi connectivity index (χ2n) is 8.66. The van der Waals surface area contributed by atoms with Crippen LogP contribution in [-0.2, 0) is 7.05 Å². The fraction of sp³-hybridized carbons (Fsp3) is 0.308. The highest BCUT2D eigenvalue weighted by Gasteiger charge is 2.27. The van der Waals surface area contributed by atoms with E-state index < -0.39 is 30.0 Å². The summed E-state index contributed by atoms with van der Waals surface area (Å²) in [5.74, 6) is -1.15. The highest BCUT2D eigenvalue weighted by Crippen LogP contribution is 2.39. The number of anilines is 3. The number of halogens is 2. The Bertz CT molecular complexity index is 1400. The predicted molar refractivity (Wildman–Crippen MR) is 153 cm³/mol. The molecule has 1 amide bonds. The van der Waals surface area contributed by atoms with Gasteiger partial charge >= 0.3 is 0 Å². The number of aromatic nitrogens is 1. The minimum Gasteiger partial charge on any atom is -0.454 e. The van der Waals surface area contributed by atoms with Crippen molar-refractivity contribution in [1.29, 1.82) is 0 Å². The first-order valence-electron chi connectivity index (χ1n) is 12.0. The molecule has 10 nitrogen and oxygen atoms in total. The standard InChI is InChI=1S/C26H31ClFN5O5S/c1-14-8-9-18(17(28)12-14)31-24-21(25(36)30-11-10-16(35)13-34)23(15(2)26(37)33(24)4)38-20-7-5-6-19(22(20)27)32-39-29-3/h5-9,12,16,29,31-32,34-35H,10-11,13H2,1-4H3,(H,30,36). The largest absolute Gasteiger partial charge is 0.454 e. The number of ether oxygens (including phenoxy) is 1. The van der Waals surface area contributed by atoms with Crippen LogP contribution in [0.4, 0.5) is 21.6 Å². The maximum Gasteiger partial charge on any atom is 0.258 e. The van der Waals surface area contributed by atoms with Crippen LogP contribution in [0.2, 0.25) is 5.02 Å². The van der Waals surface area contributed by atoms with Gasteiger partial charge in [-0.3, -0.25) is 14.2 Å². The van der Waals surface area contributed by atoms with Crippen molar-refractivity contribution in [3.8, 4) is 11.5 Å². The molecule has 0 aliphatic rings. The number of rotatable bonds is 12. The zero-order valence-electron chi connectivity index (χ0n) is 21.9. The zero-order chi connectivity index (χ0) is 28.7. The third kappa shape index (κ3) is 7.22. The maximum atomic E-state index is 14.8. The smallest absolute Gasteiger partial charge is 0.258 e. The van der Waals surface area contributed by atoms with Gasteiger partial charge in [-0.15, -0.1) is 0 Å². The fourth-order valence-corrected chi connectivity index (χ4v) is 4.31. The van der Waals surface area contributed by atoms with Crippen LogP contribution in [0.3, 0.4) is 0 Å². The van der Waals surface area contributed by atoms with Crippen molar-refractivity contribution in [3.05, 3.63) is 74.3 Å². The average Bonchev–Trinajstić information content (AvgIpc) is 2.91. The summed E-state index contributed by atoms with van der Waals surface area (Å²) in [7, 11) is 3.18. The van der Waals surface area contributed by atoms with E-state index in [9.17, 15) is 19.1 Å². The Morgan fingerprint density at radius 1 is 1.23 bits per heavy atom. The van der Waals surface area contributed by atoms with Crippen LogP contribution in [-0.4, -0.2) is 47.0 Å². The van der Waals surface area contributed by atoms with Gasteiger partial charge in [0, 0.05) is 25.7 Å². The number of benzene rings is 2. The molecule has 0 saturated heterocycles. The molecule has 0 fully saturated rings. The molecule has 210 valence electrons. The molecule has 39 heavy (non-hydrogen) atoms. The second-order valence-corrected chi connectivity index (χ2v) is 9.85. The van der Waals surface area contributed by atoms with Crippen LogP contribution >= 0.6 is 23.7 Å². The summed E-state index contributed by atoms with van der Waals surface area (Å²) < 4.78 is 28.0. The van der Waals surface area contributed by atoms with Crippen LogP contribution in [0, 0.1) is 19.7 Å². The molecule has 1 heterocycles. The summed E-state index contributed by atoms with van der Waals surface area (Å²) >= 11 is 7.74. The lowest BCUT2D eigenvalue weighted by molar-refractivity contribution is 0.0833. The van der Waals surface area contributed by atoms with Gasteiger partial charge in [-0.25, -0.2) is 9.11 Å². The Morgan fingerprint density at radius 2 is 1.97 bits per heavy atom. The zero-order valence-corrected chi connectivity index (χ0v) is 23.5. The van der Waals surface area contributed by atoms with Crippen molar-refractivity contribution in [3.63, 3.8) is 0 Å². The Hall–Kier alpha value is -3.29. The summed E-state index contributed by atoms with van der Waals surface area (Å²) in [5.41, 5.74) is 0.824. The number of nitrogens with one attached hydrogen (secondary N) is 4. The number of hydrogen-bond donors (Lipinski definition) is 6. The summed E-state index contributed by atoms with van der Waals surface area (Å²) in [6, 6.07) is 9.51. The van der Waals surface area contributed by atoms with Crippen molar-refractivity contribution in [2.45, 2.75) is 26.4 Å². The lowest BCUT2D eigenvalue weighted by Gasteiger charge is -2.22. The highest BCUT2D eigenvalue weighted by molar-refractivity contribution is 7.98. The number of pyridine rings is 1. The minimum absolute atomic E-state index is 0.0142. The van der Waals surface area contributed by atoms with E-state index in [1.165, 1.54) is 42.8 Å². The number of aliphatic hydroxyl groups is 2. The first kappa shape index (κ1) is 30.3. The molecular weight excluding hydrogens is 549 g/mol. The molecule has 6 N–H and O–H groups in total. The average molecular weight is 580 g/mol. The van der Waals surface area contributed by atoms with Gasteiger partial charge in [0.05, 0.1) is 29.6 Å². The van der Waals surface area contributed by atoms with Crippen LogP contribution < -0.4 is 30.4 Å². The maximum absolute atomic E-state index is 14.8. The van der Waals surface area contributed by atoms with Gasteiger partial charge in [-0.2, -0.15) is 0 Å². The minimum atomic E-state index is -1.02. The lowest BCUT2D eigenvalue weighted by atomic mass is 10.1.